The maximum Gasteiger partial charge on any atom is 0.180 e. The molecule has 4 heteroatoms. The van der Waals surface area contributed by atoms with Crippen molar-refractivity contribution in [2.75, 3.05) is 0 Å². The average molecular weight is 1080 g/mol. The van der Waals surface area contributed by atoms with Gasteiger partial charge in [0.15, 0.2) is 16.1 Å². The van der Waals surface area contributed by atoms with Gasteiger partial charge in [-0.15, -0.1) is 0 Å². The van der Waals surface area contributed by atoms with Gasteiger partial charge in [0.25, 0.3) is 0 Å². The molecule has 0 spiro atoms. The summed E-state index contributed by atoms with van der Waals surface area (Å²) in [7, 11) is -6.15. The van der Waals surface area contributed by atoms with Crippen molar-refractivity contribution in [3.05, 3.63) is 340 Å². The quantitative estimate of drug-likeness (QED) is 0.0852. The van der Waals surface area contributed by atoms with Gasteiger partial charge in [-0.3, -0.25) is 0 Å². The van der Waals surface area contributed by atoms with Gasteiger partial charge in [-0.25, -0.2) is 0 Å². The van der Waals surface area contributed by atoms with Gasteiger partial charge in [-0.05, 0) is 118 Å². The Labute approximate surface area is 487 Å². The van der Waals surface area contributed by atoms with Crippen LogP contribution in [0, 0.1) is 0 Å². The molecule has 15 aromatic rings. The summed E-state index contributed by atoms with van der Waals surface area (Å²) in [5.41, 5.74) is 9.24. The Morgan fingerprint density at radius 2 is 0.671 bits per heavy atom. The lowest BCUT2D eigenvalue weighted by Crippen LogP contribution is -2.74. The minimum atomic E-state index is -3.16. The number of fused-ring (bicyclic) bond motifs is 6. The highest BCUT2D eigenvalue weighted by Crippen LogP contribution is 2.39. The molecule has 0 unspecified atom stereocenters. The Morgan fingerprint density at radius 1 is 0.244 bits per heavy atom. The molecule has 0 atom stereocenters. The van der Waals surface area contributed by atoms with Gasteiger partial charge in [0.05, 0.1) is 28.9 Å². The summed E-state index contributed by atoms with van der Waals surface area (Å²) in [6.45, 7) is 0. The molecule has 0 saturated carbocycles. The molecule has 2 aromatic heterocycles. The molecule has 2 nitrogen and oxygen atoms in total. The fourth-order valence-electron chi connectivity index (χ4n) is 13.4. The molecule has 386 valence electrons. The molecular weight excluding hydrogens is 1020 g/mol. The van der Waals surface area contributed by atoms with Crippen LogP contribution in [0.15, 0.2) is 340 Å². The van der Waals surface area contributed by atoms with Crippen LogP contribution in [0.1, 0.15) is 6.85 Å². The van der Waals surface area contributed by atoms with E-state index in [9.17, 15) is 0 Å². The Hall–Kier alpha value is -10.1. The predicted octanol–water partition coefficient (Wildman–Crippen LogP) is 14.0. The van der Waals surface area contributed by atoms with Crippen molar-refractivity contribution in [2.45, 2.75) is 0 Å². The van der Waals surface area contributed by atoms with E-state index in [4.69, 9.17) is 6.85 Å². The zero-order chi connectivity index (χ0) is 58.8. The molecule has 0 aliphatic rings. The first-order valence-corrected chi connectivity index (χ1v) is 32.0. The molecule has 0 amide bonds. The summed E-state index contributed by atoms with van der Waals surface area (Å²) in [6.07, 6.45) is 0. The summed E-state index contributed by atoms with van der Waals surface area (Å²) in [6, 6.07) is 112. The van der Waals surface area contributed by atoms with E-state index in [-0.39, 0.29) is 29.7 Å². The fourth-order valence-corrected chi connectivity index (χ4v) is 23.2. The summed E-state index contributed by atoms with van der Waals surface area (Å²) < 4.78 is 48.0. The van der Waals surface area contributed by atoms with Gasteiger partial charge in [-0.1, -0.05) is 285 Å². The Bertz CT molecular complexity index is 4910. The third-order valence-electron chi connectivity index (χ3n) is 16.9. The Morgan fingerprint density at radius 3 is 1.28 bits per heavy atom. The number of benzene rings is 13. The first kappa shape index (κ1) is 43.7. The van der Waals surface area contributed by atoms with Crippen molar-refractivity contribution in [3.8, 4) is 33.6 Å². The fraction of sp³-hybridized carbons (Fsp3) is 0. The maximum atomic E-state index is 8.92. The van der Waals surface area contributed by atoms with E-state index >= 15 is 0 Å². The van der Waals surface area contributed by atoms with E-state index in [0.29, 0.717) is 5.56 Å². The number of hydrogen-bond acceptors (Lipinski definition) is 0. The first-order chi connectivity index (χ1) is 42.8. The molecule has 0 aliphatic carbocycles. The topological polar surface area (TPSA) is 9.86 Å². The molecule has 0 N–H and O–H groups in total. The lowest BCUT2D eigenvalue weighted by molar-refractivity contribution is 1.17. The predicted molar refractivity (Wildman–Crippen MR) is 353 cm³/mol. The number of para-hydroxylation sites is 1. The van der Waals surface area contributed by atoms with Crippen LogP contribution < -0.4 is 41.5 Å². The summed E-state index contributed by atoms with van der Waals surface area (Å²) in [5, 5.41) is 14.5. The van der Waals surface area contributed by atoms with Gasteiger partial charge in [0.1, 0.15) is 0 Å². The lowest BCUT2D eigenvalue weighted by atomic mass is 10.0. The largest absolute Gasteiger partial charge is 0.309 e. The molecule has 0 saturated heterocycles. The van der Waals surface area contributed by atoms with Crippen LogP contribution in [-0.4, -0.2) is 25.3 Å². The molecule has 0 radical (unpaired) electrons. The minimum absolute atomic E-state index is 0.183. The van der Waals surface area contributed by atoms with Gasteiger partial charge >= 0.3 is 0 Å². The van der Waals surface area contributed by atoms with Crippen molar-refractivity contribution in [1.29, 1.82) is 0 Å². The molecule has 15 rings (SSSR count). The molecule has 0 fully saturated rings. The van der Waals surface area contributed by atoms with Crippen molar-refractivity contribution in [3.63, 3.8) is 0 Å². The van der Waals surface area contributed by atoms with Crippen molar-refractivity contribution in [2.24, 2.45) is 0 Å². The lowest BCUT2D eigenvalue weighted by Gasteiger charge is -2.35. The maximum absolute atomic E-state index is 8.92. The number of hydrogen-bond donors (Lipinski definition) is 0. The van der Waals surface area contributed by atoms with Crippen molar-refractivity contribution in [1.82, 2.24) is 9.13 Å². The normalized spacial score (nSPS) is 12.8. The van der Waals surface area contributed by atoms with E-state index < -0.39 is 22.2 Å². The Kier molecular flexibility index (Phi) is 10.9. The monoisotopic (exact) mass is 1080 g/mol. The highest BCUT2D eigenvalue weighted by Gasteiger charge is 2.44. The zero-order valence-electron chi connectivity index (χ0n) is 49.8. The van der Waals surface area contributed by atoms with E-state index in [2.05, 4.69) is 294 Å². The van der Waals surface area contributed by atoms with Crippen LogP contribution in [0.5, 0.6) is 0 Å². The van der Waals surface area contributed by atoms with Crippen LogP contribution in [0.3, 0.4) is 0 Å². The smallest absolute Gasteiger partial charge is 0.180 e. The molecule has 2 heterocycles. The van der Waals surface area contributed by atoms with Crippen LogP contribution in [0.25, 0.3) is 77.2 Å². The molecule has 0 bridgehead atoms. The molecule has 13 aromatic carbocycles. The Balaban J connectivity index is 1.01. The first-order valence-electron chi connectivity index (χ1n) is 30.5. The van der Waals surface area contributed by atoms with Gasteiger partial charge in [-0.2, -0.15) is 0 Å². The summed E-state index contributed by atoms with van der Waals surface area (Å²) in [4.78, 5) is 0. The van der Waals surface area contributed by atoms with Crippen LogP contribution >= 0.6 is 0 Å². The summed E-state index contributed by atoms with van der Waals surface area (Å²) >= 11 is 0. The third-order valence-corrected chi connectivity index (χ3v) is 26.5. The van der Waals surface area contributed by atoms with Gasteiger partial charge in [0.2, 0.25) is 0 Å². The highest BCUT2D eigenvalue weighted by atomic mass is 28.3. The standard InChI is InChI=1S/C78H56N2Si2/c1-8-26-57(27-9-1)59-30-24-41-69(54-59)81(63-31-12-3-13-32-63,64-33-14-4-15-34-64)68-50-47-61(48-51-68)79-75-53-49-62(80-73-43-23-22-42-70(73)71-55-60(46-52-74(71)80)58-28-10-2-11-29-58)56-72(75)78-76(79)44-25-45-77(78)82(65-35-16-5-17-36-65,66-37-18-6-19-38-66)67-39-20-7-21-40-67/h1-56H/i2D,10D,11D,28D,29D. The van der Waals surface area contributed by atoms with Gasteiger partial charge in [0, 0.05) is 32.9 Å². The number of aromatic nitrogens is 2. The van der Waals surface area contributed by atoms with Crippen LogP contribution in [-0.2, 0) is 0 Å². The second-order valence-electron chi connectivity index (χ2n) is 21.1. The summed E-state index contributed by atoms with van der Waals surface area (Å²) in [5.74, 6) is 0. The molecule has 82 heavy (non-hydrogen) atoms. The molecule has 0 aliphatic heterocycles. The van der Waals surface area contributed by atoms with E-state index in [0.717, 1.165) is 49.6 Å². The third kappa shape index (κ3) is 7.90. The second kappa shape index (κ2) is 20.5. The molecular formula is C78H56N2Si2. The van der Waals surface area contributed by atoms with E-state index in [1.807, 2.05) is 24.3 Å². The van der Waals surface area contributed by atoms with Crippen LogP contribution in [0.4, 0.5) is 0 Å². The SMILES string of the molecule is [2H]c1c([2H])c([2H])c(-c2ccc3c(c2)c2ccccc2n3-c2ccc3c(c2)c2c([Si](c4ccccc4)(c4ccccc4)c4ccccc4)cccc2n3-c2ccc([Si](c3ccccc3)(c3ccccc3)c3cccc(-c4ccccc4)c3)cc2)c([2H])c1[2H]. The van der Waals surface area contributed by atoms with Crippen LogP contribution in [0.2, 0.25) is 0 Å². The number of rotatable bonds is 12. The van der Waals surface area contributed by atoms with Gasteiger partial charge < -0.3 is 9.13 Å². The van der Waals surface area contributed by atoms with Crippen molar-refractivity contribution < 1.29 is 6.85 Å². The van der Waals surface area contributed by atoms with Crippen molar-refractivity contribution >= 4 is 101 Å². The van der Waals surface area contributed by atoms with E-state index in [1.54, 1.807) is 0 Å². The minimum Gasteiger partial charge on any atom is -0.309 e. The zero-order valence-corrected chi connectivity index (χ0v) is 46.8. The number of nitrogens with zero attached hydrogens (tertiary/aromatic N) is 2. The highest BCUT2D eigenvalue weighted by molar-refractivity contribution is 7.21. The van der Waals surface area contributed by atoms with E-state index in [1.165, 1.54) is 58.0 Å². The second-order valence-corrected chi connectivity index (χ2v) is 28.7. The average Bonchev–Trinajstić information content (AvgIpc) is 1.76.